The summed E-state index contributed by atoms with van der Waals surface area (Å²) in [5.41, 5.74) is 1.15. The normalized spacial score (nSPS) is 11.8. The Balaban J connectivity index is 2.94. The zero-order chi connectivity index (χ0) is 12.8. The van der Waals surface area contributed by atoms with Crippen LogP contribution in [0.1, 0.15) is 12.5 Å². The number of benzene rings is 1. The number of hydrogen-bond acceptors (Lipinski definition) is 3. The number of aliphatic carboxylic acids is 1. The van der Waals surface area contributed by atoms with Crippen molar-refractivity contribution in [2.45, 2.75) is 6.92 Å². The van der Waals surface area contributed by atoms with Crippen LogP contribution in [0, 0.1) is 0 Å². The molecule has 4 nitrogen and oxygen atoms in total. The predicted molar refractivity (Wildman–Crippen MR) is 65.1 cm³/mol. The monoisotopic (exact) mass is 234 g/mol. The molecule has 90 valence electrons. The number of carboxylic acid groups (broad SMARTS) is 1. The third-order valence-corrected chi connectivity index (χ3v) is 2.11. The lowest BCUT2D eigenvalue weighted by atomic mass is 10.1. The van der Waals surface area contributed by atoms with Crippen LogP contribution in [0.4, 0.5) is 0 Å². The Morgan fingerprint density at radius 2 is 2.12 bits per heavy atom. The number of phenolic OH excluding ortho intramolecular Hbond substituents is 1. The predicted octanol–water partition coefficient (Wildman–Crippen LogP) is 2.44. The van der Waals surface area contributed by atoms with Crippen LogP contribution in [0.3, 0.4) is 0 Å². The van der Waals surface area contributed by atoms with Gasteiger partial charge in [0.2, 0.25) is 0 Å². The molecule has 2 N–H and O–H groups in total. The van der Waals surface area contributed by atoms with Gasteiger partial charge in [-0.25, -0.2) is 4.79 Å². The van der Waals surface area contributed by atoms with Crippen LogP contribution >= 0.6 is 0 Å². The van der Waals surface area contributed by atoms with Crippen molar-refractivity contribution >= 4 is 12.0 Å². The van der Waals surface area contributed by atoms with E-state index in [4.69, 9.17) is 9.84 Å². The van der Waals surface area contributed by atoms with E-state index in [1.807, 2.05) is 0 Å². The van der Waals surface area contributed by atoms with Gasteiger partial charge in [0.25, 0.3) is 0 Å². The molecule has 0 radical (unpaired) electrons. The maximum absolute atomic E-state index is 10.4. The summed E-state index contributed by atoms with van der Waals surface area (Å²) in [6.45, 7) is 1.67. The Morgan fingerprint density at radius 1 is 1.41 bits per heavy atom. The Hall–Kier alpha value is -2.23. The number of carbonyl (C=O) groups is 1. The second-order valence-corrected chi connectivity index (χ2v) is 3.48. The van der Waals surface area contributed by atoms with E-state index >= 15 is 0 Å². The molecule has 0 aromatic heterocycles. The standard InChI is InChI=1S/C13H14O4/c1-9(7-13(15)16)3-4-10-8-11(17-2)5-6-12(10)14/h3-8,14H,1-2H3,(H,15,16)/b4-3+,9-7+. The highest BCUT2D eigenvalue weighted by atomic mass is 16.5. The summed E-state index contributed by atoms with van der Waals surface area (Å²) >= 11 is 0. The minimum Gasteiger partial charge on any atom is -0.507 e. The van der Waals surface area contributed by atoms with Gasteiger partial charge < -0.3 is 14.9 Å². The molecule has 1 aromatic rings. The summed E-state index contributed by atoms with van der Waals surface area (Å²) in [7, 11) is 1.54. The van der Waals surface area contributed by atoms with Crippen molar-refractivity contribution in [2.24, 2.45) is 0 Å². The molecule has 0 fully saturated rings. The molecule has 17 heavy (non-hydrogen) atoms. The van der Waals surface area contributed by atoms with E-state index in [9.17, 15) is 9.90 Å². The summed E-state index contributed by atoms with van der Waals surface area (Å²) < 4.78 is 5.03. The van der Waals surface area contributed by atoms with Gasteiger partial charge in [0.15, 0.2) is 0 Å². The average Bonchev–Trinajstić information content (AvgIpc) is 2.27. The van der Waals surface area contributed by atoms with Crippen molar-refractivity contribution < 1.29 is 19.7 Å². The van der Waals surface area contributed by atoms with Crippen LogP contribution in [-0.2, 0) is 4.79 Å². The van der Waals surface area contributed by atoms with Crippen LogP contribution in [0.15, 0.2) is 35.9 Å². The highest BCUT2D eigenvalue weighted by molar-refractivity contribution is 5.81. The van der Waals surface area contributed by atoms with Gasteiger partial charge in [-0.1, -0.05) is 12.2 Å². The second-order valence-electron chi connectivity index (χ2n) is 3.48. The number of hydrogen-bond donors (Lipinski definition) is 2. The summed E-state index contributed by atoms with van der Waals surface area (Å²) in [5.74, 6) is -0.255. The van der Waals surface area contributed by atoms with E-state index in [0.717, 1.165) is 6.08 Å². The number of phenols is 1. The zero-order valence-electron chi connectivity index (χ0n) is 9.68. The molecule has 4 heteroatoms. The fourth-order valence-electron chi connectivity index (χ4n) is 1.26. The van der Waals surface area contributed by atoms with E-state index in [1.54, 1.807) is 31.2 Å². The summed E-state index contributed by atoms with van der Waals surface area (Å²) in [4.78, 5) is 10.4. The molecule has 0 heterocycles. The molecular weight excluding hydrogens is 220 g/mol. The van der Waals surface area contributed by atoms with Crippen LogP contribution in [0.25, 0.3) is 6.08 Å². The molecule has 0 aliphatic rings. The molecular formula is C13H14O4. The molecule has 0 saturated carbocycles. The third kappa shape index (κ3) is 4.03. The van der Waals surface area contributed by atoms with E-state index in [-0.39, 0.29) is 5.75 Å². The van der Waals surface area contributed by atoms with Gasteiger partial charge in [-0.3, -0.25) is 0 Å². The van der Waals surface area contributed by atoms with E-state index < -0.39 is 5.97 Å². The molecule has 0 spiro atoms. The molecule has 0 bridgehead atoms. The van der Waals surface area contributed by atoms with Crippen molar-refractivity contribution in [1.29, 1.82) is 0 Å². The number of ether oxygens (including phenoxy) is 1. The van der Waals surface area contributed by atoms with Gasteiger partial charge in [-0.15, -0.1) is 0 Å². The highest BCUT2D eigenvalue weighted by Crippen LogP contribution is 2.24. The lowest BCUT2D eigenvalue weighted by molar-refractivity contribution is -0.131. The smallest absolute Gasteiger partial charge is 0.328 e. The summed E-state index contributed by atoms with van der Waals surface area (Å²) in [6.07, 6.45) is 4.34. The lowest BCUT2D eigenvalue weighted by Crippen LogP contribution is -1.88. The molecule has 0 saturated heterocycles. The molecule has 0 atom stereocenters. The molecule has 0 amide bonds. The molecule has 1 rings (SSSR count). The summed E-state index contributed by atoms with van der Waals surface area (Å²) in [6, 6.07) is 4.83. The van der Waals surface area contributed by atoms with E-state index in [1.165, 1.54) is 13.2 Å². The van der Waals surface area contributed by atoms with Crippen molar-refractivity contribution in [3.63, 3.8) is 0 Å². The van der Waals surface area contributed by atoms with Gasteiger partial charge in [0.1, 0.15) is 11.5 Å². The quantitative estimate of drug-likeness (QED) is 0.620. The Labute approximate surface area is 99.5 Å². The fourth-order valence-corrected chi connectivity index (χ4v) is 1.26. The number of methoxy groups -OCH3 is 1. The molecule has 0 aliphatic heterocycles. The average molecular weight is 234 g/mol. The van der Waals surface area contributed by atoms with Crippen LogP contribution in [-0.4, -0.2) is 23.3 Å². The van der Waals surface area contributed by atoms with Gasteiger partial charge >= 0.3 is 5.97 Å². The first-order valence-corrected chi connectivity index (χ1v) is 4.99. The number of allylic oxidation sites excluding steroid dienone is 2. The minimum atomic E-state index is -0.998. The van der Waals surface area contributed by atoms with Crippen molar-refractivity contribution in [3.05, 3.63) is 41.5 Å². The van der Waals surface area contributed by atoms with Crippen molar-refractivity contribution in [1.82, 2.24) is 0 Å². The highest BCUT2D eigenvalue weighted by Gasteiger charge is 1.99. The van der Waals surface area contributed by atoms with Crippen molar-refractivity contribution in [3.8, 4) is 11.5 Å². The minimum absolute atomic E-state index is 0.116. The van der Waals surface area contributed by atoms with E-state index in [2.05, 4.69) is 0 Å². The largest absolute Gasteiger partial charge is 0.507 e. The molecule has 1 aromatic carbocycles. The topological polar surface area (TPSA) is 66.8 Å². The van der Waals surface area contributed by atoms with Gasteiger partial charge in [-0.2, -0.15) is 0 Å². The zero-order valence-corrected chi connectivity index (χ0v) is 9.68. The van der Waals surface area contributed by atoms with Gasteiger partial charge in [-0.05, 0) is 30.7 Å². The van der Waals surface area contributed by atoms with Gasteiger partial charge in [0, 0.05) is 11.6 Å². The maximum Gasteiger partial charge on any atom is 0.328 e. The lowest BCUT2D eigenvalue weighted by Gasteiger charge is -2.03. The first-order valence-electron chi connectivity index (χ1n) is 4.99. The number of carboxylic acids is 1. The van der Waals surface area contributed by atoms with Crippen molar-refractivity contribution in [2.75, 3.05) is 7.11 Å². The van der Waals surface area contributed by atoms with Crippen LogP contribution in [0.5, 0.6) is 11.5 Å². The Bertz CT molecular complexity index is 472. The number of rotatable bonds is 4. The Kier molecular flexibility index (Phi) is 4.34. The first kappa shape index (κ1) is 12.8. The van der Waals surface area contributed by atoms with Crippen LogP contribution in [0.2, 0.25) is 0 Å². The maximum atomic E-state index is 10.4. The van der Waals surface area contributed by atoms with E-state index in [0.29, 0.717) is 16.9 Å². The van der Waals surface area contributed by atoms with Crippen LogP contribution < -0.4 is 4.74 Å². The SMILES string of the molecule is COc1ccc(O)c(/C=C/C(C)=C/C(=O)O)c1. The molecule has 0 aliphatic carbocycles. The summed E-state index contributed by atoms with van der Waals surface area (Å²) in [5, 5.41) is 18.1. The number of aromatic hydroxyl groups is 1. The second kappa shape index (κ2) is 5.75. The van der Waals surface area contributed by atoms with Gasteiger partial charge in [0.05, 0.1) is 7.11 Å². The Morgan fingerprint density at radius 3 is 2.71 bits per heavy atom. The third-order valence-electron chi connectivity index (χ3n) is 2.11. The first-order chi connectivity index (χ1) is 8.02. The fraction of sp³-hybridized carbons (Fsp3) is 0.154. The molecule has 0 unspecified atom stereocenters.